The Kier molecular flexibility index (Phi) is 3.81. The molecule has 0 aromatic heterocycles. The van der Waals surface area contributed by atoms with Crippen LogP contribution in [0, 0.1) is 0 Å². The van der Waals surface area contributed by atoms with Gasteiger partial charge in [0.2, 0.25) is 0 Å². The van der Waals surface area contributed by atoms with Crippen LogP contribution < -0.4 is 0 Å². The lowest BCUT2D eigenvalue weighted by Crippen LogP contribution is -2.38. The maximum Gasteiger partial charge on any atom is 0.265 e. The van der Waals surface area contributed by atoms with E-state index in [0.29, 0.717) is 4.47 Å². The minimum Gasteiger partial charge on any atom is -0.299 e. The molecule has 0 bridgehead atoms. The van der Waals surface area contributed by atoms with Crippen LogP contribution in [0.5, 0.6) is 0 Å². The summed E-state index contributed by atoms with van der Waals surface area (Å²) in [6, 6.07) is 7.79. The summed E-state index contributed by atoms with van der Waals surface area (Å²) in [5, 5.41) is 9.90. The summed E-state index contributed by atoms with van der Waals surface area (Å²) in [5.74, 6) is 0. The van der Waals surface area contributed by atoms with Crippen LogP contribution in [0.2, 0.25) is 0 Å². The van der Waals surface area contributed by atoms with Crippen molar-refractivity contribution in [1.29, 1.82) is 0 Å². The molecule has 5 heteroatoms. The van der Waals surface area contributed by atoms with Gasteiger partial charge in [-0.1, -0.05) is 41.9 Å². The molecule has 1 aromatic carbocycles. The van der Waals surface area contributed by atoms with E-state index >= 15 is 0 Å². The number of rotatable bonds is 3. The molecule has 0 atom stereocenters. The highest BCUT2D eigenvalue weighted by atomic mass is 32.2. The van der Waals surface area contributed by atoms with Gasteiger partial charge in [-0.15, -0.1) is 0 Å². The number of hydrogen-bond donors (Lipinski definition) is 1. The van der Waals surface area contributed by atoms with Crippen LogP contribution in [0.3, 0.4) is 0 Å². The molecule has 1 aliphatic carbocycles. The summed E-state index contributed by atoms with van der Waals surface area (Å²) in [6.07, 6.45) is 4.55. The number of benzene rings is 1. The van der Waals surface area contributed by atoms with Gasteiger partial charge in [-0.3, -0.25) is 5.21 Å². The largest absolute Gasteiger partial charge is 0.299 e. The summed E-state index contributed by atoms with van der Waals surface area (Å²) in [5.41, 5.74) is 0. The highest BCUT2D eigenvalue weighted by molar-refractivity contribution is 7.89. The standard InChI is InChI=1S/C12H17NO3S/c14-13(11-7-3-1-4-8-11)17(15,16)12-9-5-2-6-10-12/h2,5-6,9-11,14H,1,3-4,7-8H2. The fourth-order valence-corrected chi connectivity index (χ4v) is 3.52. The van der Waals surface area contributed by atoms with E-state index in [9.17, 15) is 13.6 Å². The monoisotopic (exact) mass is 255 g/mol. The first kappa shape index (κ1) is 12.5. The fraction of sp³-hybridized carbons (Fsp3) is 0.500. The van der Waals surface area contributed by atoms with Gasteiger partial charge in [0, 0.05) is 0 Å². The fourth-order valence-electron chi connectivity index (χ4n) is 2.20. The summed E-state index contributed by atoms with van der Waals surface area (Å²) in [6.45, 7) is 0. The van der Waals surface area contributed by atoms with Gasteiger partial charge in [-0.2, -0.15) is 0 Å². The third kappa shape index (κ3) is 2.68. The Morgan fingerprint density at radius 1 is 1.06 bits per heavy atom. The average molecular weight is 255 g/mol. The van der Waals surface area contributed by atoms with Crippen LogP contribution in [-0.2, 0) is 10.0 Å². The number of hydrogen-bond acceptors (Lipinski definition) is 3. The molecular formula is C12H17NO3S. The van der Waals surface area contributed by atoms with Crippen molar-refractivity contribution < 1.29 is 13.6 Å². The molecule has 0 aliphatic heterocycles. The molecule has 1 fully saturated rings. The molecule has 17 heavy (non-hydrogen) atoms. The van der Waals surface area contributed by atoms with Crippen molar-refractivity contribution in [2.24, 2.45) is 0 Å². The van der Waals surface area contributed by atoms with Gasteiger partial charge in [-0.25, -0.2) is 8.42 Å². The van der Waals surface area contributed by atoms with Crippen LogP contribution in [0.25, 0.3) is 0 Å². The Hall–Kier alpha value is -0.910. The maximum atomic E-state index is 12.1. The average Bonchev–Trinajstić information content (AvgIpc) is 2.40. The molecule has 0 radical (unpaired) electrons. The molecule has 4 nitrogen and oxygen atoms in total. The zero-order valence-electron chi connectivity index (χ0n) is 9.62. The topological polar surface area (TPSA) is 57.6 Å². The zero-order chi connectivity index (χ0) is 12.3. The van der Waals surface area contributed by atoms with E-state index in [4.69, 9.17) is 0 Å². The molecule has 0 amide bonds. The minimum atomic E-state index is -3.75. The lowest BCUT2D eigenvalue weighted by Gasteiger charge is -2.28. The number of hydroxylamine groups is 1. The molecule has 2 rings (SSSR count). The zero-order valence-corrected chi connectivity index (χ0v) is 10.4. The van der Waals surface area contributed by atoms with Crippen LogP contribution in [0.1, 0.15) is 32.1 Å². The van der Waals surface area contributed by atoms with E-state index in [-0.39, 0.29) is 10.9 Å². The smallest absolute Gasteiger partial charge is 0.265 e. The lowest BCUT2D eigenvalue weighted by molar-refractivity contribution is -0.0467. The Balaban J connectivity index is 2.20. The van der Waals surface area contributed by atoms with Crippen molar-refractivity contribution in [1.82, 2.24) is 4.47 Å². The molecule has 94 valence electrons. The molecular weight excluding hydrogens is 238 g/mol. The van der Waals surface area contributed by atoms with Gasteiger partial charge in [0.05, 0.1) is 10.9 Å². The van der Waals surface area contributed by atoms with Crippen LogP contribution in [0.15, 0.2) is 35.2 Å². The second kappa shape index (κ2) is 5.16. The van der Waals surface area contributed by atoms with Gasteiger partial charge in [0.1, 0.15) is 0 Å². The maximum absolute atomic E-state index is 12.1. The molecule has 0 heterocycles. The van der Waals surface area contributed by atoms with E-state index in [1.54, 1.807) is 18.2 Å². The third-order valence-electron chi connectivity index (χ3n) is 3.17. The second-order valence-electron chi connectivity index (χ2n) is 4.38. The number of sulfonamides is 1. The van der Waals surface area contributed by atoms with Crippen molar-refractivity contribution in [3.05, 3.63) is 30.3 Å². The molecule has 0 unspecified atom stereocenters. The quantitative estimate of drug-likeness (QED) is 0.844. The van der Waals surface area contributed by atoms with Crippen molar-refractivity contribution in [3.8, 4) is 0 Å². The van der Waals surface area contributed by atoms with E-state index < -0.39 is 10.0 Å². The predicted molar refractivity (Wildman–Crippen MR) is 64.1 cm³/mol. The van der Waals surface area contributed by atoms with E-state index in [1.807, 2.05) is 0 Å². The van der Waals surface area contributed by atoms with Crippen LogP contribution in [0.4, 0.5) is 0 Å². The number of nitrogens with zero attached hydrogens (tertiary/aromatic N) is 1. The molecule has 0 saturated heterocycles. The molecule has 1 aliphatic rings. The van der Waals surface area contributed by atoms with Crippen molar-refractivity contribution in [2.75, 3.05) is 0 Å². The molecule has 0 spiro atoms. The molecule has 1 aromatic rings. The van der Waals surface area contributed by atoms with E-state index in [1.165, 1.54) is 12.1 Å². The summed E-state index contributed by atoms with van der Waals surface area (Å²) < 4.78 is 24.8. The molecule has 1 N–H and O–H groups in total. The highest BCUT2D eigenvalue weighted by Crippen LogP contribution is 2.25. The first-order valence-corrected chi connectivity index (χ1v) is 7.35. The Bertz CT molecular complexity index is 452. The highest BCUT2D eigenvalue weighted by Gasteiger charge is 2.30. The second-order valence-corrected chi connectivity index (χ2v) is 6.18. The van der Waals surface area contributed by atoms with Gasteiger partial charge in [-0.05, 0) is 25.0 Å². The van der Waals surface area contributed by atoms with Crippen LogP contribution in [-0.4, -0.2) is 24.1 Å². The first-order valence-electron chi connectivity index (χ1n) is 5.91. The third-order valence-corrected chi connectivity index (χ3v) is 4.83. The van der Waals surface area contributed by atoms with Crippen molar-refractivity contribution in [3.63, 3.8) is 0 Å². The van der Waals surface area contributed by atoms with Gasteiger partial charge < -0.3 is 0 Å². The Morgan fingerprint density at radius 2 is 1.65 bits per heavy atom. The van der Waals surface area contributed by atoms with E-state index in [0.717, 1.165) is 32.1 Å². The molecule has 1 saturated carbocycles. The SMILES string of the molecule is O=S(=O)(c1ccccc1)N(O)C1CCCCC1. The summed E-state index contributed by atoms with van der Waals surface area (Å²) in [4.78, 5) is 0.146. The van der Waals surface area contributed by atoms with Gasteiger partial charge in [0.25, 0.3) is 10.0 Å². The minimum absolute atomic E-state index is 0.146. The van der Waals surface area contributed by atoms with E-state index in [2.05, 4.69) is 0 Å². The lowest BCUT2D eigenvalue weighted by atomic mass is 9.96. The first-order chi connectivity index (χ1) is 8.12. The Morgan fingerprint density at radius 3 is 2.24 bits per heavy atom. The van der Waals surface area contributed by atoms with Gasteiger partial charge >= 0.3 is 0 Å². The van der Waals surface area contributed by atoms with Crippen LogP contribution >= 0.6 is 0 Å². The Labute approximate surface area is 102 Å². The normalized spacial score (nSPS) is 18.5. The van der Waals surface area contributed by atoms with Gasteiger partial charge in [0.15, 0.2) is 0 Å². The summed E-state index contributed by atoms with van der Waals surface area (Å²) in [7, 11) is -3.75. The predicted octanol–water partition coefficient (Wildman–Crippen LogP) is 2.40. The van der Waals surface area contributed by atoms with Crippen molar-refractivity contribution >= 4 is 10.0 Å². The van der Waals surface area contributed by atoms with Crippen molar-refractivity contribution in [2.45, 2.75) is 43.0 Å². The summed E-state index contributed by atoms with van der Waals surface area (Å²) >= 11 is 0.